The van der Waals surface area contributed by atoms with Crippen molar-refractivity contribution in [2.45, 2.75) is 19.8 Å². The van der Waals surface area contributed by atoms with Crippen molar-refractivity contribution in [3.63, 3.8) is 0 Å². The molecule has 2 aliphatic rings. The summed E-state index contributed by atoms with van der Waals surface area (Å²) >= 11 is 0. The number of likely N-dealkylation sites (N-methyl/N-ethyl adjacent to an activating group) is 1. The first kappa shape index (κ1) is 22.5. The third-order valence-corrected chi connectivity index (χ3v) is 5.76. The summed E-state index contributed by atoms with van der Waals surface area (Å²) in [6, 6.07) is 18.1. The minimum absolute atomic E-state index is 0.164. The molecular weight excluding hydrogens is 414 g/mol. The molecule has 4 rings (SSSR count). The highest BCUT2D eigenvalue weighted by Crippen LogP contribution is 2.43. The predicted octanol–water partition coefficient (Wildman–Crippen LogP) is 4.57. The first-order chi connectivity index (χ1) is 16.0. The molecule has 0 radical (unpaired) electrons. The van der Waals surface area contributed by atoms with Gasteiger partial charge in [0.15, 0.2) is 0 Å². The maximum Gasteiger partial charge on any atom is 0.205 e. The maximum atomic E-state index is 9.90. The van der Waals surface area contributed by atoms with Gasteiger partial charge in [0.2, 0.25) is 5.88 Å². The molecule has 2 aromatic carbocycles. The zero-order chi connectivity index (χ0) is 23.4. The van der Waals surface area contributed by atoms with Crippen molar-refractivity contribution in [2.24, 2.45) is 5.73 Å². The fourth-order valence-electron chi connectivity index (χ4n) is 4.37. The van der Waals surface area contributed by atoms with Crippen LogP contribution in [0.15, 0.2) is 76.9 Å². The van der Waals surface area contributed by atoms with Gasteiger partial charge in [-0.15, -0.1) is 0 Å². The Balaban J connectivity index is 1.76. The van der Waals surface area contributed by atoms with Crippen molar-refractivity contribution in [1.82, 2.24) is 4.90 Å². The topological polar surface area (TPSA) is 80.7 Å². The van der Waals surface area contributed by atoms with Gasteiger partial charge in [0.25, 0.3) is 0 Å². The fraction of sp³-hybridized carbons (Fsp3) is 0.296. The van der Waals surface area contributed by atoms with Crippen LogP contribution in [0.4, 0.5) is 0 Å². The molecule has 0 fully saturated rings. The van der Waals surface area contributed by atoms with Gasteiger partial charge in [-0.25, -0.2) is 0 Å². The first-order valence-corrected chi connectivity index (χ1v) is 11.2. The molecule has 0 spiro atoms. The number of benzene rings is 2. The second-order valence-corrected chi connectivity index (χ2v) is 8.13. The average molecular weight is 444 g/mol. The summed E-state index contributed by atoms with van der Waals surface area (Å²) in [5, 5.41) is 9.90. The lowest BCUT2D eigenvalue weighted by Crippen LogP contribution is -2.35. The highest BCUT2D eigenvalue weighted by molar-refractivity contribution is 5.63. The molecule has 0 saturated heterocycles. The Labute approximate surface area is 195 Å². The van der Waals surface area contributed by atoms with Crippen LogP contribution in [-0.4, -0.2) is 38.3 Å². The Morgan fingerprint density at radius 3 is 2.21 bits per heavy atom. The van der Waals surface area contributed by atoms with E-state index in [0.717, 1.165) is 46.1 Å². The van der Waals surface area contributed by atoms with Crippen LogP contribution >= 0.6 is 0 Å². The average Bonchev–Trinajstić information content (AvgIpc) is 2.81. The van der Waals surface area contributed by atoms with Gasteiger partial charge in [-0.2, -0.15) is 5.26 Å². The maximum absolute atomic E-state index is 9.90. The van der Waals surface area contributed by atoms with Crippen LogP contribution < -0.4 is 15.2 Å². The Morgan fingerprint density at radius 2 is 1.64 bits per heavy atom. The number of nitriles is 1. The van der Waals surface area contributed by atoms with E-state index in [1.54, 1.807) is 0 Å². The highest BCUT2D eigenvalue weighted by Gasteiger charge is 2.37. The third-order valence-electron chi connectivity index (χ3n) is 5.76. The molecule has 6 heteroatoms. The minimum atomic E-state index is -0.263. The highest BCUT2D eigenvalue weighted by atomic mass is 16.5. The molecule has 0 aromatic heterocycles. The standard InChI is InChI=1S/C27H29N3O3/c1-4-31-21-10-6-18(7-11-21)14-20-16-30(3)17-24-25(23(15-28)27(29)33-26(20)24)19-8-12-22(13-9-19)32-5-2/h6-14,25H,4-5,16-17,29H2,1-3H3/b20-14-/t25-/m1/s1. The summed E-state index contributed by atoms with van der Waals surface area (Å²) in [4.78, 5) is 2.22. The molecular formula is C27H29N3O3. The van der Waals surface area contributed by atoms with Crippen LogP contribution in [0.1, 0.15) is 30.9 Å². The van der Waals surface area contributed by atoms with Gasteiger partial charge in [-0.05, 0) is 67.9 Å². The number of rotatable bonds is 6. The van der Waals surface area contributed by atoms with Gasteiger partial charge in [0, 0.05) is 18.7 Å². The normalized spacial score (nSPS) is 19.7. The van der Waals surface area contributed by atoms with E-state index >= 15 is 0 Å². The van der Waals surface area contributed by atoms with Crippen LogP contribution in [0.5, 0.6) is 11.5 Å². The lowest BCUT2D eigenvalue weighted by atomic mass is 9.80. The Kier molecular flexibility index (Phi) is 6.71. The van der Waals surface area contributed by atoms with E-state index in [4.69, 9.17) is 19.9 Å². The number of nitrogens with two attached hydrogens (primary N) is 1. The number of hydrogen-bond acceptors (Lipinski definition) is 6. The lowest BCUT2D eigenvalue weighted by Gasteiger charge is -2.36. The number of ether oxygens (including phenoxy) is 3. The molecule has 2 N–H and O–H groups in total. The van der Waals surface area contributed by atoms with Crippen molar-refractivity contribution in [2.75, 3.05) is 33.4 Å². The molecule has 0 unspecified atom stereocenters. The third kappa shape index (κ3) is 4.74. The van der Waals surface area contributed by atoms with E-state index in [1.165, 1.54) is 0 Å². The minimum Gasteiger partial charge on any atom is -0.494 e. The monoisotopic (exact) mass is 443 g/mol. The summed E-state index contributed by atoms with van der Waals surface area (Å²) in [6.45, 7) is 6.57. The molecule has 2 aliphatic heterocycles. The Morgan fingerprint density at radius 1 is 1.03 bits per heavy atom. The molecule has 170 valence electrons. The molecule has 6 nitrogen and oxygen atoms in total. The first-order valence-electron chi connectivity index (χ1n) is 11.2. The molecule has 1 atom stereocenters. The molecule has 0 aliphatic carbocycles. The van der Waals surface area contributed by atoms with Crippen LogP contribution in [0.2, 0.25) is 0 Å². The molecule has 0 bridgehead atoms. The SMILES string of the molecule is CCOc1ccc(/C=C2/CN(C)CC3=C2OC(N)=C(C#N)[C@H]3c2ccc(OCC)cc2)cc1. The molecule has 2 heterocycles. The van der Waals surface area contributed by atoms with Gasteiger partial charge < -0.3 is 19.9 Å². The zero-order valence-electron chi connectivity index (χ0n) is 19.3. The summed E-state index contributed by atoms with van der Waals surface area (Å²) in [5.74, 6) is 2.31. The fourth-order valence-corrected chi connectivity index (χ4v) is 4.37. The zero-order valence-corrected chi connectivity index (χ0v) is 19.3. The molecule has 0 saturated carbocycles. The lowest BCUT2D eigenvalue weighted by molar-refractivity contribution is 0.251. The smallest absolute Gasteiger partial charge is 0.205 e. The van der Waals surface area contributed by atoms with E-state index < -0.39 is 0 Å². The summed E-state index contributed by atoms with van der Waals surface area (Å²) < 4.78 is 17.2. The number of hydrogen-bond donors (Lipinski definition) is 1. The number of allylic oxidation sites excluding steroid dienone is 1. The Hall–Kier alpha value is -3.69. The quantitative estimate of drug-likeness (QED) is 0.704. The van der Waals surface area contributed by atoms with E-state index in [0.29, 0.717) is 25.3 Å². The summed E-state index contributed by atoms with van der Waals surface area (Å²) in [5.41, 5.74) is 10.8. The van der Waals surface area contributed by atoms with Crippen LogP contribution in [-0.2, 0) is 4.74 Å². The van der Waals surface area contributed by atoms with E-state index in [1.807, 2.05) is 62.4 Å². The number of nitrogens with zero attached hydrogens (tertiary/aromatic N) is 2. The van der Waals surface area contributed by atoms with Gasteiger partial charge in [-0.3, -0.25) is 4.90 Å². The summed E-state index contributed by atoms with van der Waals surface area (Å²) in [7, 11) is 2.07. The van der Waals surface area contributed by atoms with Gasteiger partial charge in [-0.1, -0.05) is 24.3 Å². The van der Waals surface area contributed by atoms with Gasteiger partial charge >= 0.3 is 0 Å². The van der Waals surface area contributed by atoms with Crippen molar-refractivity contribution < 1.29 is 14.2 Å². The second kappa shape index (κ2) is 9.85. The van der Waals surface area contributed by atoms with Gasteiger partial charge in [0.1, 0.15) is 28.9 Å². The van der Waals surface area contributed by atoms with Crippen molar-refractivity contribution >= 4 is 6.08 Å². The van der Waals surface area contributed by atoms with E-state index in [2.05, 4.69) is 24.1 Å². The van der Waals surface area contributed by atoms with Crippen LogP contribution in [0.25, 0.3) is 6.08 Å². The predicted molar refractivity (Wildman–Crippen MR) is 128 cm³/mol. The van der Waals surface area contributed by atoms with Crippen molar-refractivity contribution in [1.29, 1.82) is 5.26 Å². The van der Waals surface area contributed by atoms with Crippen molar-refractivity contribution in [3.05, 3.63) is 88.0 Å². The second-order valence-electron chi connectivity index (χ2n) is 8.13. The summed E-state index contributed by atoms with van der Waals surface area (Å²) in [6.07, 6.45) is 2.11. The van der Waals surface area contributed by atoms with Crippen molar-refractivity contribution in [3.8, 4) is 17.6 Å². The molecule has 2 aromatic rings. The van der Waals surface area contributed by atoms with E-state index in [9.17, 15) is 5.26 Å². The van der Waals surface area contributed by atoms with E-state index in [-0.39, 0.29) is 11.8 Å². The van der Waals surface area contributed by atoms with Crippen LogP contribution in [0, 0.1) is 11.3 Å². The van der Waals surface area contributed by atoms with Gasteiger partial charge in [0.05, 0.1) is 19.1 Å². The molecule has 33 heavy (non-hydrogen) atoms. The van der Waals surface area contributed by atoms with Crippen LogP contribution in [0.3, 0.4) is 0 Å². The molecule has 0 amide bonds. The largest absolute Gasteiger partial charge is 0.494 e. The Bertz CT molecular complexity index is 1140.